The van der Waals surface area contributed by atoms with Gasteiger partial charge in [-0.25, -0.2) is 9.97 Å². The van der Waals surface area contributed by atoms with Gasteiger partial charge in [0.2, 0.25) is 0 Å². The second-order valence-electron chi connectivity index (χ2n) is 4.30. The summed E-state index contributed by atoms with van der Waals surface area (Å²) in [6.45, 7) is 0. The molecule has 0 bridgehead atoms. The number of halogens is 1. The van der Waals surface area contributed by atoms with Crippen molar-refractivity contribution in [3.05, 3.63) is 30.5 Å². The van der Waals surface area contributed by atoms with Gasteiger partial charge in [-0.3, -0.25) is 0 Å². The maximum Gasteiger partial charge on any atom is 0.179 e. The van der Waals surface area contributed by atoms with E-state index in [0.29, 0.717) is 6.42 Å². The van der Waals surface area contributed by atoms with E-state index >= 15 is 0 Å². The van der Waals surface area contributed by atoms with E-state index in [1.165, 1.54) is 0 Å². The number of nitriles is 1. The Balaban J connectivity index is 1.99. The van der Waals surface area contributed by atoms with Crippen molar-refractivity contribution in [3.8, 4) is 6.07 Å². The van der Waals surface area contributed by atoms with Crippen LogP contribution >= 0.6 is 32.0 Å². The summed E-state index contributed by atoms with van der Waals surface area (Å²) in [5.41, 5.74) is 2.70. The Hall–Kier alpha value is -1.36. The summed E-state index contributed by atoms with van der Waals surface area (Å²) in [4.78, 5) is 8.63. The molecule has 0 aromatic carbocycles. The zero-order chi connectivity index (χ0) is 14.1. The Morgan fingerprint density at radius 2 is 2.35 bits per heavy atom. The average molecular weight is 397 g/mol. The van der Waals surface area contributed by atoms with Gasteiger partial charge in [0.15, 0.2) is 4.05 Å². The molecule has 0 saturated heterocycles. The van der Waals surface area contributed by atoms with Crippen LogP contribution in [0.15, 0.2) is 29.9 Å². The fourth-order valence-corrected chi connectivity index (χ4v) is 2.89. The SMILES string of the molecule is N#CCC(I)[NH+]1C=C(c2ncnc3c2ccn3P)C=N1. The van der Waals surface area contributed by atoms with Crippen molar-refractivity contribution in [1.82, 2.24) is 14.3 Å². The smallest absolute Gasteiger partial charge is 0.179 e. The third kappa shape index (κ3) is 2.35. The molecule has 100 valence electrons. The highest BCUT2D eigenvalue weighted by Crippen LogP contribution is 2.23. The van der Waals surface area contributed by atoms with Crippen molar-refractivity contribution < 1.29 is 5.01 Å². The van der Waals surface area contributed by atoms with Crippen LogP contribution in [0.5, 0.6) is 0 Å². The number of fused-ring (bicyclic) bond motifs is 1. The molecule has 8 heteroatoms. The van der Waals surface area contributed by atoms with Crippen LogP contribution in [-0.4, -0.2) is 24.6 Å². The van der Waals surface area contributed by atoms with Gasteiger partial charge in [-0.1, -0.05) is 5.10 Å². The lowest BCUT2D eigenvalue weighted by Gasteiger charge is -2.08. The van der Waals surface area contributed by atoms with Gasteiger partial charge in [0.05, 0.1) is 30.0 Å². The second kappa shape index (κ2) is 5.56. The predicted molar refractivity (Wildman–Crippen MR) is 88.1 cm³/mol. The summed E-state index contributed by atoms with van der Waals surface area (Å²) < 4.78 is 1.99. The molecule has 0 saturated carbocycles. The standard InChI is InChI=1S/C12H10IN6P/c13-10(1-3-14)18-6-8(5-17-18)11-9-2-4-19(20)12(9)16-7-15-11/h2,4-7,10H,1,20H2/p+1. The first-order valence-electron chi connectivity index (χ1n) is 5.92. The lowest BCUT2D eigenvalue weighted by atomic mass is 10.1. The molecule has 20 heavy (non-hydrogen) atoms. The van der Waals surface area contributed by atoms with Crippen molar-refractivity contribution in [3.63, 3.8) is 0 Å². The lowest BCUT2D eigenvalue weighted by Crippen LogP contribution is -3.04. The van der Waals surface area contributed by atoms with E-state index in [-0.39, 0.29) is 4.05 Å². The maximum atomic E-state index is 8.76. The van der Waals surface area contributed by atoms with Crippen LogP contribution in [-0.2, 0) is 0 Å². The first kappa shape index (κ1) is 13.6. The minimum absolute atomic E-state index is 0.106. The second-order valence-corrected chi connectivity index (χ2v) is 6.36. The quantitative estimate of drug-likeness (QED) is 0.363. The molecule has 0 amide bonds. The zero-order valence-electron chi connectivity index (χ0n) is 10.4. The predicted octanol–water partition coefficient (Wildman–Crippen LogP) is 0.969. The Bertz CT molecular complexity index is 759. The molecule has 0 spiro atoms. The maximum absolute atomic E-state index is 8.76. The van der Waals surface area contributed by atoms with E-state index in [1.807, 2.05) is 22.8 Å². The minimum atomic E-state index is 0.106. The number of hydrogen-bond acceptors (Lipinski definition) is 4. The van der Waals surface area contributed by atoms with Gasteiger partial charge in [-0.05, 0) is 38.0 Å². The van der Waals surface area contributed by atoms with Gasteiger partial charge in [-0.15, -0.1) is 0 Å². The highest BCUT2D eigenvalue weighted by atomic mass is 127. The van der Waals surface area contributed by atoms with Crippen LogP contribution in [0.1, 0.15) is 12.1 Å². The van der Waals surface area contributed by atoms with Gasteiger partial charge in [0.1, 0.15) is 18.2 Å². The fraction of sp³-hybridized carbons (Fsp3) is 0.167. The molecule has 3 unspecified atom stereocenters. The Labute approximate surface area is 131 Å². The molecule has 0 fully saturated rings. The number of nitrogens with zero attached hydrogens (tertiary/aromatic N) is 5. The van der Waals surface area contributed by atoms with Crippen LogP contribution in [0.3, 0.4) is 0 Å². The van der Waals surface area contributed by atoms with Gasteiger partial charge >= 0.3 is 0 Å². The molecule has 0 radical (unpaired) electrons. The highest BCUT2D eigenvalue weighted by Gasteiger charge is 2.24. The Morgan fingerprint density at radius 3 is 3.15 bits per heavy atom. The van der Waals surface area contributed by atoms with E-state index < -0.39 is 0 Å². The Kier molecular flexibility index (Phi) is 3.78. The van der Waals surface area contributed by atoms with E-state index in [9.17, 15) is 0 Å². The van der Waals surface area contributed by atoms with Crippen LogP contribution in [0.25, 0.3) is 16.6 Å². The van der Waals surface area contributed by atoms with Crippen LogP contribution in [0.4, 0.5) is 0 Å². The normalized spacial score (nSPS) is 19.1. The summed E-state index contributed by atoms with van der Waals surface area (Å²) in [5, 5.41) is 15.1. The highest BCUT2D eigenvalue weighted by molar-refractivity contribution is 14.1. The zero-order valence-corrected chi connectivity index (χ0v) is 13.7. The molecular weight excluding hydrogens is 386 g/mol. The molecular formula is C12H11IN6P+. The third-order valence-electron chi connectivity index (χ3n) is 3.03. The molecule has 3 atom stereocenters. The lowest BCUT2D eigenvalue weighted by molar-refractivity contribution is -0.856. The summed E-state index contributed by atoms with van der Waals surface area (Å²) >= 11 is 2.24. The number of nitrogens with one attached hydrogen (secondary N) is 1. The van der Waals surface area contributed by atoms with Gasteiger partial charge in [-0.2, -0.15) is 10.3 Å². The Morgan fingerprint density at radius 1 is 1.50 bits per heavy atom. The molecule has 1 N–H and O–H groups in total. The summed E-state index contributed by atoms with van der Waals surface area (Å²) in [5.74, 6) is 0. The monoisotopic (exact) mass is 397 g/mol. The van der Waals surface area contributed by atoms with E-state index in [2.05, 4.69) is 53.1 Å². The molecule has 1 aliphatic rings. The van der Waals surface area contributed by atoms with Crippen molar-refractivity contribution >= 4 is 54.8 Å². The van der Waals surface area contributed by atoms with Crippen molar-refractivity contribution in [2.24, 2.45) is 5.10 Å². The largest absolute Gasteiger partial charge is 0.317 e. The first-order valence-corrected chi connectivity index (χ1v) is 7.68. The molecule has 0 aliphatic carbocycles. The van der Waals surface area contributed by atoms with Gasteiger partial charge in [0.25, 0.3) is 0 Å². The summed E-state index contributed by atoms with van der Waals surface area (Å²) in [7, 11) is 2.60. The van der Waals surface area contributed by atoms with E-state index in [1.54, 1.807) is 12.5 Å². The van der Waals surface area contributed by atoms with Crippen molar-refractivity contribution in [2.75, 3.05) is 0 Å². The molecule has 6 nitrogen and oxygen atoms in total. The first-order chi connectivity index (χ1) is 9.70. The average Bonchev–Trinajstić information content (AvgIpc) is 3.07. The summed E-state index contributed by atoms with van der Waals surface area (Å²) in [6, 6.07) is 4.16. The van der Waals surface area contributed by atoms with E-state index in [4.69, 9.17) is 5.26 Å². The van der Waals surface area contributed by atoms with E-state index in [0.717, 1.165) is 27.3 Å². The van der Waals surface area contributed by atoms with Gasteiger partial charge in [0, 0.05) is 11.6 Å². The molecule has 2 aromatic rings. The summed E-state index contributed by atoms with van der Waals surface area (Å²) in [6.07, 6.45) is 7.75. The number of allylic oxidation sites excluding steroid dienone is 1. The third-order valence-corrected chi connectivity index (χ3v) is 4.53. The van der Waals surface area contributed by atoms with Gasteiger partial charge < -0.3 is 4.34 Å². The fourth-order valence-electron chi connectivity index (χ4n) is 2.06. The van der Waals surface area contributed by atoms with Crippen molar-refractivity contribution in [1.29, 1.82) is 5.26 Å². The number of aromatic nitrogens is 3. The van der Waals surface area contributed by atoms with Crippen LogP contribution in [0.2, 0.25) is 0 Å². The molecule has 2 aromatic heterocycles. The topological polar surface area (TPSA) is 71.3 Å². The number of alkyl halides is 1. The number of hydrogen-bond donors (Lipinski definition) is 1. The molecule has 3 rings (SSSR count). The van der Waals surface area contributed by atoms with Crippen LogP contribution < -0.4 is 5.01 Å². The van der Waals surface area contributed by atoms with Crippen LogP contribution in [0, 0.1) is 11.3 Å². The number of rotatable bonds is 3. The van der Waals surface area contributed by atoms with Crippen molar-refractivity contribution in [2.45, 2.75) is 10.5 Å². The molecule has 3 heterocycles. The number of quaternary nitrogens is 1. The minimum Gasteiger partial charge on any atom is -0.317 e. The molecule has 1 aliphatic heterocycles.